The van der Waals surface area contributed by atoms with Gasteiger partial charge in [0.25, 0.3) is 5.71 Å². The van der Waals surface area contributed by atoms with Crippen molar-refractivity contribution in [3.63, 3.8) is 0 Å². The van der Waals surface area contributed by atoms with Crippen LogP contribution in [0.3, 0.4) is 0 Å². The van der Waals surface area contributed by atoms with E-state index in [2.05, 4.69) is 24.4 Å². The fraction of sp³-hybridized carbons (Fsp3) is 0.438. The van der Waals surface area contributed by atoms with Gasteiger partial charge in [-0.05, 0) is 24.8 Å². The molecule has 0 fully saturated rings. The summed E-state index contributed by atoms with van der Waals surface area (Å²) in [6.07, 6.45) is 7.41. The standard InChI is InChI=1S/C16H19N5O3S/c1-2-14-13-8-12(10-18-16(13)24-20-14)25(22,23)19-9-11-3-5-21-6-4-17-15(21)7-11/h4,6,8,10-11,19H,2-3,5,7,9H2,1H3/t11-/m0/s1. The number of fused-ring (bicyclic) bond motifs is 2. The lowest BCUT2D eigenvalue weighted by molar-refractivity contribution is 0.379. The van der Waals surface area contributed by atoms with E-state index in [0.29, 0.717) is 29.8 Å². The van der Waals surface area contributed by atoms with Crippen molar-refractivity contribution in [2.24, 2.45) is 5.92 Å². The molecule has 1 aliphatic rings. The minimum atomic E-state index is -3.63. The van der Waals surface area contributed by atoms with Crippen LogP contribution in [-0.4, -0.2) is 34.7 Å². The molecule has 3 aromatic rings. The predicted octanol–water partition coefficient (Wildman–Crippen LogP) is 1.52. The highest BCUT2D eigenvalue weighted by molar-refractivity contribution is 7.89. The fourth-order valence-electron chi connectivity index (χ4n) is 3.16. The molecule has 0 aromatic carbocycles. The zero-order valence-electron chi connectivity index (χ0n) is 13.8. The topological polar surface area (TPSA) is 103 Å². The van der Waals surface area contributed by atoms with Crippen LogP contribution < -0.4 is 4.72 Å². The quantitative estimate of drug-likeness (QED) is 0.739. The third kappa shape index (κ3) is 3.05. The molecule has 0 saturated heterocycles. The number of nitrogens with one attached hydrogen (secondary N) is 1. The summed E-state index contributed by atoms with van der Waals surface area (Å²) in [6, 6.07) is 1.58. The molecule has 4 heterocycles. The lowest BCUT2D eigenvalue weighted by Gasteiger charge is -2.23. The molecule has 0 saturated carbocycles. The van der Waals surface area contributed by atoms with Gasteiger partial charge in [-0.1, -0.05) is 12.1 Å². The summed E-state index contributed by atoms with van der Waals surface area (Å²) in [5.41, 5.74) is 1.06. The Kier molecular flexibility index (Phi) is 4.04. The van der Waals surface area contributed by atoms with Crippen LogP contribution in [0.25, 0.3) is 11.1 Å². The first kappa shape index (κ1) is 16.2. The Morgan fingerprint density at radius 1 is 1.40 bits per heavy atom. The second-order valence-electron chi connectivity index (χ2n) is 6.25. The van der Waals surface area contributed by atoms with Gasteiger partial charge in [-0.15, -0.1) is 0 Å². The van der Waals surface area contributed by atoms with Crippen LogP contribution in [-0.2, 0) is 29.4 Å². The van der Waals surface area contributed by atoms with E-state index < -0.39 is 10.0 Å². The van der Waals surface area contributed by atoms with Crippen molar-refractivity contribution in [2.75, 3.05) is 6.54 Å². The molecular weight excluding hydrogens is 342 g/mol. The number of pyridine rings is 1. The molecule has 132 valence electrons. The molecule has 4 rings (SSSR count). The summed E-state index contributed by atoms with van der Waals surface area (Å²) in [4.78, 5) is 8.52. The van der Waals surface area contributed by atoms with Gasteiger partial charge in [-0.3, -0.25) is 0 Å². The lowest BCUT2D eigenvalue weighted by atomic mass is 9.98. The van der Waals surface area contributed by atoms with Crippen LogP contribution in [0.5, 0.6) is 0 Å². The Labute approximate surface area is 145 Å². The van der Waals surface area contributed by atoms with E-state index in [1.165, 1.54) is 6.20 Å². The molecule has 0 amide bonds. The smallest absolute Gasteiger partial charge is 0.258 e. The summed E-state index contributed by atoms with van der Waals surface area (Å²) in [7, 11) is -3.63. The van der Waals surface area contributed by atoms with Crippen LogP contribution in [0.2, 0.25) is 0 Å². The molecule has 0 aliphatic carbocycles. The van der Waals surface area contributed by atoms with Gasteiger partial charge in [0, 0.05) is 31.9 Å². The number of aryl methyl sites for hydroxylation is 2. The Morgan fingerprint density at radius 3 is 3.12 bits per heavy atom. The highest BCUT2D eigenvalue weighted by atomic mass is 32.2. The maximum Gasteiger partial charge on any atom is 0.258 e. The predicted molar refractivity (Wildman–Crippen MR) is 90.4 cm³/mol. The van der Waals surface area contributed by atoms with Crippen LogP contribution in [0.4, 0.5) is 0 Å². The summed E-state index contributed by atoms with van der Waals surface area (Å²) >= 11 is 0. The number of rotatable bonds is 5. The van der Waals surface area contributed by atoms with E-state index in [1.54, 1.807) is 12.3 Å². The van der Waals surface area contributed by atoms with E-state index in [-0.39, 0.29) is 10.8 Å². The van der Waals surface area contributed by atoms with Gasteiger partial charge in [0.05, 0.1) is 17.3 Å². The van der Waals surface area contributed by atoms with Crippen LogP contribution in [0, 0.1) is 5.92 Å². The maximum absolute atomic E-state index is 12.6. The maximum atomic E-state index is 12.6. The second-order valence-corrected chi connectivity index (χ2v) is 8.02. The molecule has 25 heavy (non-hydrogen) atoms. The number of sulfonamides is 1. The first-order valence-electron chi connectivity index (χ1n) is 8.31. The lowest BCUT2D eigenvalue weighted by Crippen LogP contribution is -2.33. The van der Waals surface area contributed by atoms with Crippen LogP contribution in [0.1, 0.15) is 24.9 Å². The SMILES string of the molecule is CCc1noc2ncc(S(=O)(=O)NC[C@H]3CCn4ccnc4C3)cc12. The monoisotopic (exact) mass is 361 g/mol. The zero-order chi connectivity index (χ0) is 17.4. The number of nitrogens with zero attached hydrogens (tertiary/aromatic N) is 4. The van der Waals surface area contributed by atoms with Gasteiger partial charge in [0.2, 0.25) is 10.0 Å². The molecule has 1 atom stereocenters. The van der Waals surface area contributed by atoms with Crippen LogP contribution >= 0.6 is 0 Å². The summed E-state index contributed by atoms with van der Waals surface area (Å²) in [6.45, 7) is 3.19. The Hall–Kier alpha value is -2.26. The van der Waals surface area contributed by atoms with Gasteiger partial charge >= 0.3 is 0 Å². The molecule has 0 radical (unpaired) electrons. The van der Waals surface area contributed by atoms with Crippen molar-refractivity contribution < 1.29 is 12.9 Å². The van der Waals surface area contributed by atoms with Crippen molar-refractivity contribution in [3.05, 3.63) is 36.2 Å². The van der Waals surface area contributed by atoms with E-state index >= 15 is 0 Å². The Balaban J connectivity index is 1.50. The molecule has 1 aliphatic heterocycles. The average molecular weight is 361 g/mol. The average Bonchev–Trinajstić information content (AvgIpc) is 3.25. The minimum absolute atomic E-state index is 0.134. The van der Waals surface area contributed by atoms with Gasteiger partial charge in [0.1, 0.15) is 10.7 Å². The van der Waals surface area contributed by atoms with Crippen molar-refractivity contribution in [3.8, 4) is 0 Å². The minimum Gasteiger partial charge on any atom is -0.336 e. The van der Waals surface area contributed by atoms with Crippen molar-refractivity contribution in [1.82, 2.24) is 24.4 Å². The van der Waals surface area contributed by atoms with Gasteiger partial charge < -0.3 is 9.09 Å². The highest BCUT2D eigenvalue weighted by Crippen LogP contribution is 2.22. The van der Waals surface area contributed by atoms with Crippen molar-refractivity contribution in [1.29, 1.82) is 0 Å². The number of aromatic nitrogens is 4. The van der Waals surface area contributed by atoms with E-state index in [4.69, 9.17) is 4.52 Å². The number of hydrogen-bond acceptors (Lipinski definition) is 6. The van der Waals surface area contributed by atoms with Crippen molar-refractivity contribution in [2.45, 2.75) is 37.6 Å². The molecule has 9 heteroatoms. The summed E-state index contributed by atoms with van der Waals surface area (Å²) in [5.74, 6) is 1.25. The molecule has 0 unspecified atom stereocenters. The molecule has 8 nitrogen and oxygen atoms in total. The Bertz CT molecular complexity index is 1010. The van der Waals surface area contributed by atoms with E-state index in [9.17, 15) is 8.42 Å². The number of hydrogen-bond donors (Lipinski definition) is 1. The molecule has 3 aromatic heterocycles. The van der Waals surface area contributed by atoms with E-state index in [0.717, 1.165) is 25.2 Å². The van der Waals surface area contributed by atoms with Gasteiger partial charge in [-0.2, -0.15) is 0 Å². The number of imidazole rings is 1. The van der Waals surface area contributed by atoms with E-state index in [1.807, 2.05) is 13.1 Å². The normalized spacial score (nSPS) is 17.7. The van der Waals surface area contributed by atoms with Crippen LogP contribution in [0.15, 0.2) is 34.1 Å². The zero-order valence-corrected chi connectivity index (χ0v) is 14.7. The fourth-order valence-corrected chi connectivity index (χ4v) is 4.25. The molecule has 0 bridgehead atoms. The molecule has 0 spiro atoms. The third-order valence-corrected chi connectivity index (χ3v) is 6.03. The molecular formula is C16H19N5O3S. The van der Waals surface area contributed by atoms with Gasteiger partial charge in [-0.25, -0.2) is 23.1 Å². The first-order chi connectivity index (χ1) is 12.1. The highest BCUT2D eigenvalue weighted by Gasteiger charge is 2.23. The second kappa shape index (κ2) is 6.23. The molecule has 1 N–H and O–H groups in total. The first-order valence-corrected chi connectivity index (χ1v) is 9.79. The largest absolute Gasteiger partial charge is 0.336 e. The summed E-state index contributed by atoms with van der Waals surface area (Å²) in [5, 5.41) is 4.55. The van der Waals surface area contributed by atoms with Gasteiger partial charge in [0.15, 0.2) is 0 Å². The van der Waals surface area contributed by atoms with Crippen molar-refractivity contribution >= 4 is 21.1 Å². The summed E-state index contributed by atoms with van der Waals surface area (Å²) < 4.78 is 35.1. The Morgan fingerprint density at radius 2 is 2.28 bits per heavy atom. The third-order valence-electron chi connectivity index (χ3n) is 4.64.